The first-order valence-electron chi connectivity index (χ1n) is 6.78. The van der Waals surface area contributed by atoms with Gasteiger partial charge >= 0.3 is 0 Å². The molecular weight excluding hydrogens is 265 g/mol. The van der Waals surface area contributed by atoms with Gasteiger partial charge in [-0.15, -0.1) is 0 Å². The first-order chi connectivity index (χ1) is 9.04. The summed E-state index contributed by atoms with van der Waals surface area (Å²) in [6, 6.07) is 4.35. The highest BCUT2D eigenvalue weighted by atomic mass is 35.5. The lowest BCUT2D eigenvalue weighted by Gasteiger charge is -2.39. The molecule has 19 heavy (non-hydrogen) atoms. The van der Waals surface area contributed by atoms with Crippen LogP contribution in [-0.2, 0) is 4.74 Å². The predicted octanol–water partition coefficient (Wildman–Crippen LogP) is 4.33. The van der Waals surface area contributed by atoms with Crippen LogP contribution in [0.2, 0.25) is 5.02 Å². The lowest BCUT2D eigenvalue weighted by Crippen LogP contribution is -2.45. The molecule has 0 aliphatic heterocycles. The summed E-state index contributed by atoms with van der Waals surface area (Å²) in [7, 11) is 1.70. The number of methoxy groups -OCH3 is 1. The molecule has 0 aromatic heterocycles. The molecule has 4 heteroatoms. The highest BCUT2D eigenvalue weighted by Crippen LogP contribution is 2.38. The number of hydrogen-bond donors (Lipinski definition) is 1. The fraction of sp³-hybridized carbons (Fsp3) is 0.600. The van der Waals surface area contributed by atoms with Crippen LogP contribution in [0, 0.1) is 5.82 Å². The van der Waals surface area contributed by atoms with Gasteiger partial charge in [-0.05, 0) is 43.1 Å². The molecule has 0 spiro atoms. The van der Waals surface area contributed by atoms with E-state index in [1.165, 1.54) is 12.1 Å². The van der Waals surface area contributed by atoms with E-state index in [0.717, 1.165) is 24.9 Å². The third-order valence-electron chi connectivity index (χ3n) is 3.81. The Balaban J connectivity index is 3.29. The molecule has 0 saturated carbocycles. The fourth-order valence-corrected chi connectivity index (χ4v) is 2.81. The average Bonchev–Trinajstić information content (AvgIpc) is 2.43. The zero-order chi connectivity index (χ0) is 14.5. The molecule has 108 valence electrons. The number of hydrogen-bond acceptors (Lipinski definition) is 2. The molecule has 1 unspecified atom stereocenters. The van der Waals surface area contributed by atoms with Crippen molar-refractivity contribution in [3.63, 3.8) is 0 Å². The minimum absolute atomic E-state index is 0.124. The van der Waals surface area contributed by atoms with Gasteiger partial charge in [-0.2, -0.15) is 0 Å². The van der Waals surface area contributed by atoms with Gasteiger partial charge in [0.2, 0.25) is 0 Å². The molecule has 1 rings (SSSR count). The first kappa shape index (κ1) is 16.4. The highest BCUT2D eigenvalue weighted by molar-refractivity contribution is 6.31. The maximum absolute atomic E-state index is 13.5. The molecule has 0 heterocycles. The molecule has 0 amide bonds. The predicted molar refractivity (Wildman–Crippen MR) is 78.1 cm³/mol. The van der Waals surface area contributed by atoms with Crippen LogP contribution >= 0.6 is 11.6 Å². The van der Waals surface area contributed by atoms with Gasteiger partial charge in [0.15, 0.2) is 0 Å². The zero-order valence-corrected chi connectivity index (χ0v) is 12.9. The monoisotopic (exact) mass is 287 g/mol. The van der Waals surface area contributed by atoms with Crippen LogP contribution in [0.25, 0.3) is 0 Å². The summed E-state index contributed by atoms with van der Waals surface area (Å²) < 4.78 is 19.3. The average molecular weight is 288 g/mol. The van der Waals surface area contributed by atoms with Crippen LogP contribution in [0.3, 0.4) is 0 Å². The van der Waals surface area contributed by atoms with E-state index >= 15 is 0 Å². The van der Waals surface area contributed by atoms with Gasteiger partial charge in [0.05, 0.1) is 11.6 Å². The molecule has 0 aliphatic carbocycles. The minimum atomic E-state index is -0.382. The molecule has 2 nitrogen and oxygen atoms in total. The van der Waals surface area contributed by atoms with Crippen molar-refractivity contribution in [3.05, 3.63) is 34.6 Å². The number of benzene rings is 1. The Hall–Kier alpha value is -0.640. The van der Waals surface area contributed by atoms with Gasteiger partial charge in [-0.25, -0.2) is 4.39 Å². The summed E-state index contributed by atoms with van der Waals surface area (Å²) in [5.74, 6) is -0.278. The van der Waals surface area contributed by atoms with Gasteiger partial charge in [0.1, 0.15) is 5.82 Å². The van der Waals surface area contributed by atoms with E-state index in [2.05, 4.69) is 19.2 Å². The molecular formula is C15H23ClFNO. The van der Waals surface area contributed by atoms with Gasteiger partial charge in [0, 0.05) is 12.1 Å². The molecule has 0 aliphatic rings. The Bertz CT molecular complexity index is 399. The van der Waals surface area contributed by atoms with Crippen molar-refractivity contribution < 1.29 is 9.13 Å². The summed E-state index contributed by atoms with van der Waals surface area (Å²) in [4.78, 5) is 0. The normalized spacial score (nSPS) is 13.6. The molecule has 0 saturated heterocycles. The van der Waals surface area contributed by atoms with Crippen molar-refractivity contribution in [2.24, 2.45) is 0 Å². The third-order valence-corrected chi connectivity index (χ3v) is 4.15. The van der Waals surface area contributed by atoms with Crippen molar-refractivity contribution in [2.75, 3.05) is 13.7 Å². The van der Waals surface area contributed by atoms with E-state index < -0.39 is 0 Å². The Labute approximate surface area is 120 Å². The second kappa shape index (κ2) is 7.22. The second-order valence-corrected chi connectivity index (χ2v) is 5.04. The molecule has 1 N–H and O–H groups in total. The van der Waals surface area contributed by atoms with Crippen LogP contribution in [0.4, 0.5) is 4.39 Å². The maximum Gasteiger partial charge on any atom is 0.123 e. The molecule has 0 fully saturated rings. The number of rotatable bonds is 7. The van der Waals surface area contributed by atoms with Crippen molar-refractivity contribution in [1.29, 1.82) is 0 Å². The van der Waals surface area contributed by atoms with Crippen LogP contribution in [0.1, 0.15) is 45.2 Å². The summed E-state index contributed by atoms with van der Waals surface area (Å²) >= 11 is 6.24. The lowest BCUT2D eigenvalue weighted by atomic mass is 9.83. The van der Waals surface area contributed by atoms with E-state index in [1.54, 1.807) is 13.2 Å². The number of nitrogens with one attached hydrogen (secondary N) is 1. The van der Waals surface area contributed by atoms with Crippen LogP contribution in [-0.4, -0.2) is 19.3 Å². The second-order valence-electron chi connectivity index (χ2n) is 4.63. The minimum Gasteiger partial charge on any atom is -0.376 e. The van der Waals surface area contributed by atoms with Gasteiger partial charge in [0.25, 0.3) is 0 Å². The quantitative estimate of drug-likeness (QED) is 0.806. The van der Waals surface area contributed by atoms with Crippen molar-refractivity contribution in [2.45, 2.75) is 45.3 Å². The number of halogens is 2. The molecule has 0 bridgehead atoms. The lowest BCUT2D eigenvalue weighted by molar-refractivity contribution is -0.0482. The van der Waals surface area contributed by atoms with Crippen molar-refractivity contribution in [3.8, 4) is 0 Å². The van der Waals surface area contributed by atoms with Crippen LogP contribution in [0.5, 0.6) is 0 Å². The molecule has 1 aromatic carbocycles. The first-order valence-corrected chi connectivity index (χ1v) is 7.15. The van der Waals surface area contributed by atoms with E-state index in [9.17, 15) is 4.39 Å². The smallest absolute Gasteiger partial charge is 0.123 e. The van der Waals surface area contributed by atoms with Crippen LogP contribution < -0.4 is 5.32 Å². The Morgan fingerprint density at radius 2 is 1.95 bits per heavy atom. The summed E-state index contributed by atoms with van der Waals surface area (Å²) in [6.07, 6.45) is 1.65. The van der Waals surface area contributed by atoms with E-state index in [4.69, 9.17) is 16.3 Å². The van der Waals surface area contributed by atoms with Crippen molar-refractivity contribution >= 4 is 11.6 Å². The SMILES string of the molecule is CCNC(c1cc(F)ccc1Cl)C(CC)(CC)OC. The summed E-state index contributed by atoms with van der Waals surface area (Å²) in [6.45, 7) is 6.93. The van der Waals surface area contributed by atoms with E-state index in [1.807, 2.05) is 6.92 Å². The van der Waals surface area contributed by atoms with Crippen LogP contribution in [0.15, 0.2) is 18.2 Å². The third kappa shape index (κ3) is 3.47. The maximum atomic E-state index is 13.5. The van der Waals surface area contributed by atoms with E-state index in [0.29, 0.717) is 5.02 Å². The zero-order valence-electron chi connectivity index (χ0n) is 12.1. The summed E-state index contributed by atoms with van der Waals surface area (Å²) in [5, 5.41) is 3.95. The highest BCUT2D eigenvalue weighted by Gasteiger charge is 2.37. The van der Waals surface area contributed by atoms with Gasteiger partial charge < -0.3 is 10.1 Å². The standard InChI is InChI=1S/C15H23ClFNO/c1-5-15(6-2,19-4)14(18-7-3)12-10-11(17)8-9-13(12)16/h8-10,14,18H,5-7H2,1-4H3. The fourth-order valence-electron chi connectivity index (χ4n) is 2.58. The molecule has 1 aromatic rings. The van der Waals surface area contributed by atoms with Crippen molar-refractivity contribution in [1.82, 2.24) is 5.32 Å². The topological polar surface area (TPSA) is 21.3 Å². The Morgan fingerprint density at radius 1 is 1.32 bits per heavy atom. The Morgan fingerprint density at radius 3 is 2.42 bits per heavy atom. The number of ether oxygens (including phenoxy) is 1. The molecule has 0 radical (unpaired) electrons. The summed E-state index contributed by atoms with van der Waals surface area (Å²) in [5.41, 5.74) is 0.377. The molecule has 1 atom stereocenters. The van der Waals surface area contributed by atoms with Gasteiger partial charge in [-0.1, -0.05) is 32.4 Å². The largest absolute Gasteiger partial charge is 0.376 e. The van der Waals surface area contributed by atoms with Gasteiger partial charge in [-0.3, -0.25) is 0 Å². The Kier molecular flexibility index (Phi) is 6.24. The number of likely N-dealkylation sites (N-methyl/N-ethyl adjacent to an activating group) is 1. The van der Waals surface area contributed by atoms with E-state index in [-0.39, 0.29) is 17.5 Å².